The average Bonchev–Trinajstić information content (AvgIpc) is 2.89. The summed E-state index contributed by atoms with van der Waals surface area (Å²) in [5, 5.41) is 0. The molecule has 0 bridgehead atoms. The molecule has 19 heavy (non-hydrogen) atoms. The lowest BCUT2D eigenvalue weighted by Crippen LogP contribution is -2.41. The second-order valence-electron chi connectivity index (χ2n) is 4.98. The maximum Gasteiger partial charge on any atom is 0.328 e. The minimum absolute atomic E-state index is 0.0870. The number of ether oxygens (including phenoxy) is 1. The lowest BCUT2D eigenvalue weighted by molar-refractivity contribution is -0.145. The number of benzene rings is 1. The quantitative estimate of drug-likeness (QED) is 0.766. The van der Waals surface area contributed by atoms with Crippen LogP contribution < -0.4 is 0 Å². The van der Waals surface area contributed by atoms with Gasteiger partial charge in [-0.15, -0.1) is 0 Å². The summed E-state index contributed by atoms with van der Waals surface area (Å²) in [6, 6.07) is 5.20. The minimum Gasteiger partial charge on any atom is -0.467 e. The van der Waals surface area contributed by atoms with Gasteiger partial charge in [-0.3, -0.25) is 4.79 Å². The van der Waals surface area contributed by atoms with Crippen molar-refractivity contribution < 1.29 is 14.3 Å². The summed E-state index contributed by atoms with van der Waals surface area (Å²) in [7, 11) is 1.36. The number of likely N-dealkylation sites (tertiary alicyclic amines) is 1. The van der Waals surface area contributed by atoms with Gasteiger partial charge in [-0.05, 0) is 49.9 Å². The van der Waals surface area contributed by atoms with Crippen molar-refractivity contribution in [1.29, 1.82) is 0 Å². The molecular formula is C15H19NO3. The first-order valence-corrected chi connectivity index (χ1v) is 6.50. The van der Waals surface area contributed by atoms with Gasteiger partial charge in [-0.2, -0.15) is 0 Å². The summed E-state index contributed by atoms with van der Waals surface area (Å²) in [5.74, 6) is -0.411. The first-order valence-electron chi connectivity index (χ1n) is 6.50. The van der Waals surface area contributed by atoms with Crippen LogP contribution in [0.25, 0.3) is 0 Å². The summed E-state index contributed by atoms with van der Waals surface area (Å²) in [6.07, 6.45) is 1.53. The molecule has 1 aromatic carbocycles. The number of hydrogen-bond donors (Lipinski definition) is 0. The van der Waals surface area contributed by atoms with E-state index >= 15 is 0 Å². The molecule has 1 saturated heterocycles. The van der Waals surface area contributed by atoms with E-state index in [0.717, 1.165) is 17.5 Å². The predicted octanol–water partition coefficient (Wildman–Crippen LogP) is 2.08. The van der Waals surface area contributed by atoms with Gasteiger partial charge in [0.25, 0.3) is 5.91 Å². The maximum absolute atomic E-state index is 12.5. The number of rotatable bonds is 2. The topological polar surface area (TPSA) is 46.6 Å². The fourth-order valence-electron chi connectivity index (χ4n) is 2.43. The molecule has 1 unspecified atom stereocenters. The monoisotopic (exact) mass is 261 g/mol. The van der Waals surface area contributed by atoms with Crippen LogP contribution in [0.2, 0.25) is 0 Å². The summed E-state index contributed by atoms with van der Waals surface area (Å²) >= 11 is 0. The molecule has 1 aliphatic rings. The van der Waals surface area contributed by atoms with E-state index in [2.05, 4.69) is 0 Å². The van der Waals surface area contributed by atoms with E-state index in [1.807, 2.05) is 32.0 Å². The molecular weight excluding hydrogens is 242 g/mol. The van der Waals surface area contributed by atoms with Gasteiger partial charge in [-0.25, -0.2) is 4.79 Å². The molecule has 1 amide bonds. The largest absolute Gasteiger partial charge is 0.467 e. The smallest absolute Gasteiger partial charge is 0.328 e. The summed E-state index contributed by atoms with van der Waals surface area (Å²) in [4.78, 5) is 25.7. The molecule has 4 heteroatoms. The molecule has 0 radical (unpaired) electrons. The van der Waals surface area contributed by atoms with Crippen LogP contribution in [0.1, 0.15) is 34.3 Å². The molecule has 4 nitrogen and oxygen atoms in total. The van der Waals surface area contributed by atoms with E-state index in [1.54, 1.807) is 4.90 Å². The Kier molecular flexibility index (Phi) is 3.88. The van der Waals surface area contributed by atoms with Crippen molar-refractivity contribution in [3.63, 3.8) is 0 Å². The van der Waals surface area contributed by atoms with Crippen molar-refractivity contribution in [2.75, 3.05) is 13.7 Å². The number of carbonyl (C=O) groups excluding carboxylic acids is 2. The van der Waals surface area contributed by atoms with Gasteiger partial charge in [0.2, 0.25) is 0 Å². The van der Waals surface area contributed by atoms with E-state index in [1.165, 1.54) is 7.11 Å². The SMILES string of the molecule is COC(=O)C1CCCN1C(=O)c1ccc(C)c(C)c1. The van der Waals surface area contributed by atoms with Crippen molar-refractivity contribution in [2.45, 2.75) is 32.7 Å². The first kappa shape index (κ1) is 13.6. The van der Waals surface area contributed by atoms with Crippen LogP contribution >= 0.6 is 0 Å². The number of esters is 1. The Labute approximate surface area is 113 Å². The number of methoxy groups -OCH3 is 1. The summed E-state index contributed by atoms with van der Waals surface area (Å²) in [6.45, 7) is 4.61. The van der Waals surface area contributed by atoms with Crippen molar-refractivity contribution >= 4 is 11.9 Å². The zero-order valence-corrected chi connectivity index (χ0v) is 11.6. The Morgan fingerprint density at radius 1 is 1.26 bits per heavy atom. The molecule has 1 aliphatic heterocycles. The van der Waals surface area contributed by atoms with Gasteiger partial charge in [0.1, 0.15) is 6.04 Å². The second-order valence-corrected chi connectivity index (χ2v) is 4.98. The predicted molar refractivity (Wildman–Crippen MR) is 72.0 cm³/mol. The van der Waals surface area contributed by atoms with Crippen LogP contribution in [0.3, 0.4) is 0 Å². The van der Waals surface area contributed by atoms with Gasteiger partial charge in [0, 0.05) is 12.1 Å². The lowest BCUT2D eigenvalue weighted by atomic mass is 10.1. The highest BCUT2D eigenvalue weighted by atomic mass is 16.5. The van der Waals surface area contributed by atoms with E-state index in [4.69, 9.17) is 4.74 Å². The Morgan fingerprint density at radius 2 is 2.00 bits per heavy atom. The Morgan fingerprint density at radius 3 is 2.63 bits per heavy atom. The Balaban J connectivity index is 2.23. The molecule has 0 spiro atoms. The molecule has 0 N–H and O–H groups in total. The Bertz CT molecular complexity index is 510. The van der Waals surface area contributed by atoms with Crippen LogP contribution in [0.15, 0.2) is 18.2 Å². The third-order valence-corrected chi connectivity index (χ3v) is 3.74. The molecule has 0 aliphatic carbocycles. The van der Waals surface area contributed by atoms with Gasteiger partial charge in [-0.1, -0.05) is 6.07 Å². The number of nitrogens with zero attached hydrogens (tertiary/aromatic N) is 1. The third-order valence-electron chi connectivity index (χ3n) is 3.74. The standard InChI is InChI=1S/C15H19NO3/c1-10-6-7-12(9-11(10)2)14(17)16-8-4-5-13(16)15(18)19-3/h6-7,9,13H,4-5,8H2,1-3H3. The first-order chi connectivity index (χ1) is 9.04. The van der Waals surface area contributed by atoms with Gasteiger partial charge < -0.3 is 9.64 Å². The number of hydrogen-bond acceptors (Lipinski definition) is 3. The van der Waals surface area contributed by atoms with Crippen LogP contribution in [-0.4, -0.2) is 36.5 Å². The number of carbonyl (C=O) groups is 2. The maximum atomic E-state index is 12.5. The van der Waals surface area contributed by atoms with Gasteiger partial charge in [0.15, 0.2) is 0 Å². The van der Waals surface area contributed by atoms with E-state index < -0.39 is 6.04 Å². The summed E-state index contributed by atoms with van der Waals surface area (Å²) in [5.41, 5.74) is 2.88. The van der Waals surface area contributed by atoms with Crippen LogP contribution in [0.5, 0.6) is 0 Å². The van der Waals surface area contributed by atoms with Gasteiger partial charge >= 0.3 is 5.97 Å². The highest BCUT2D eigenvalue weighted by Gasteiger charge is 2.35. The molecule has 1 fully saturated rings. The van der Waals surface area contributed by atoms with Crippen molar-refractivity contribution in [2.24, 2.45) is 0 Å². The fraction of sp³-hybridized carbons (Fsp3) is 0.467. The summed E-state index contributed by atoms with van der Waals surface area (Å²) < 4.78 is 4.76. The van der Waals surface area contributed by atoms with Crippen molar-refractivity contribution in [1.82, 2.24) is 4.90 Å². The Hall–Kier alpha value is -1.84. The van der Waals surface area contributed by atoms with Crippen LogP contribution in [0.4, 0.5) is 0 Å². The normalized spacial score (nSPS) is 18.5. The molecule has 2 rings (SSSR count). The molecule has 102 valence electrons. The number of aryl methyl sites for hydroxylation is 2. The zero-order valence-electron chi connectivity index (χ0n) is 11.6. The second kappa shape index (κ2) is 5.43. The van der Waals surface area contributed by atoms with Crippen LogP contribution in [0, 0.1) is 13.8 Å². The highest BCUT2D eigenvalue weighted by Crippen LogP contribution is 2.22. The van der Waals surface area contributed by atoms with Crippen molar-refractivity contribution in [3.8, 4) is 0 Å². The van der Waals surface area contributed by atoms with Crippen LogP contribution in [-0.2, 0) is 9.53 Å². The molecule has 1 heterocycles. The average molecular weight is 261 g/mol. The van der Waals surface area contributed by atoms with Gasteiger partial charge in [0.05, 0.1) is 7.11 Å². The van der Waals surface area contributed by atoms with E-state index in [0.29, 0.717) is 18.5 Å². The molecule has 0 aromatic heterocycles. The zero-order chi connectivity index (χ0) is 14.0. The van der Waals surface area contributed by atoms with E-state index in [-0.39, 0.29) is 11.9 Å². The lowest BCUT2D eigenvalue weighted by Gasteiger charge is -2.23. The molecule has 1 atom stereocenters. The molecule has 1 aromatic rings. The van der Waals surface area contributed by atoms with E-state index in [9.17, 15) is 9.59 Å². The minimum atomic E-state index is -0.431. The highest BCUT2D eigenvalue weighted by molar-refractivity contribution is 5.97. The third kappa shape index (κ3) is 2.62. The number of amides is 1. The fourth-order valence-corrected chi connectivity index (χ4v) is 2.43. The molecule has 0 saturated carbocycles. The van der Waals surface area contributed by atoms with Crippen molar-refractivity contribution in [3.05, 3.63) is 34.9 Å².